The summed E-state index contributed by atoms with van der Waals surface area (Å²) in [6, 6.07) is 4.97. The van der Waals surface area contributed by atoms with E-state index in [4.69, 9.17) is 23.2 Å². The molecule has 138 valence electrons. The molecule has 0 unspecified atom stereocenters. The van der Waals surface area contributed by atoms with Gasteiger partial charge in [0, 0.05) is 27.9 Å². The molecule has 1 aromatic carbocycles. The van der Waals surface area contributed by atoms with Crippen molar-refractivity contribution in [1.29, 1.82) is 0 Å². The van der Waals surface area contributed by atoms with Crippen LogP contribution in [0.1, 0.15) is 41.6 Å². The normalized spacial score (nSPS) is 24.3. The highest BCUT2D eigenvalue weighted by atomic mass is 35.5. The number of amides is 1. The van der Waals surface area contributed by atoms with Gasteiger partial charge in [0.2, 0.25) is 5.91 Å². The molecule has 0 spiro atoms. The number of hydrogen-bond acceptors (Lipinski definition) is 4. The van der Waals surface area contributed by atoms with E-state index in [2.05, 4.69) is 10.4 Å². The minimum absolute atomic E-state index is 0.0444. The second-order valence-electron chi connectivity index (χ2n) is 6.82. The highest BCUT2D eigenvalue weighted by Gasteiger charge is 2.37. The number of aromatic nitrogens is 2. The van der Waals surface area contributed by atoms with Gasteiger partial charge in [-0.25, -0.2) is 13.1 Å². The van der Waals surface area contributed by atoms with Gasteiger partial charge in [-0.2, -0.15) is 5.10 Å². The second-order valence-corrected chi connectivity index (χ2v) is 9.89. The van der Waals surface area contributed by atoms with Crippen LogP contribution in [-0.2, 0) is 14.6 Å². The summed E-state index contributed by atoms with van der Waals surface area (Å²) in [5.41, 5.74) is 2.47. The number of nitrogens with one attached hydrogen (secondary N) is 1. The molecule has 1 fully saturated rings. The second kappa shape index (κ2) is 6.25. The molecule has 1 amide bonds. The van der Waals surface area contributed by atoms with Crippen LogP contribution in [0.25, 0.3) is 0 Å². The Bertz CT molecular complexity index is 1020. The Hall–Kier alpha value is -1.57. The fourth-order valence-corrected chi connectivity index (χ4v) is 6.09. The van der Waals surface area contributed by atoms with Crippen LogP contribution in [0.4, 0.5) is 5.82 Å². The van der Waals surface area contributed by atoms with Gasteiger partial charge in [0.05, 0.1) is 23.2 Å². The number of nitrogens with zero attached hydrogens (tertiary/aromatic N) is 2. The van der Waals surface area contributed by atoms with E-state index in [0.29, 0.717) is 22.3 Å². The Morgan fingerprint density at radius 3 is 2.73 bits per heavy atom. The number of carbonyl (C=O) groups is 1. The van der Waals surface area contributed by atoms with Gasteiger partial charge in [0.15, 0.2) is 9.84 Å². The van der Waals surface area contributed by atoms with Crippen LogP contribution in [-0.4, -0.2) is 35.6 Å². The molecular weight excluding hydrogens is 397 g/mol. The summed E-state index contributed by atoms with van der Waals surface area (Å²) in [5.74, 6) is 0.386. The molecule has 2 aliphatic heterocycles. The lowest BCUT2D eigenvalue weighted by atomic mass is 9.85. The summed E-state index contributed by atoms with van der Waals surface area (Å²) in [4.78, 5) is 12.4. The summed E-state index contributed by atoms with van der Waals surface area (Å²) in [5, 5.41) is 8.48. The van der Waals surface area contributed by atoms with Crippen molar-refractivity contribution >= 4 is 44.8 Å². The van der Waals surface area contributed by atoms with Crippen molar-refractivity contribution in [1.82, 2.24) is 9.78 Å². The number of fused-ring (bicyclic) bond motifs is 1. The van der Waals surface area contributed by atoms with Crippen LogP contribution in [0.2, 0.25) is 10.0 Å². The molecule has 0 bridgehead atoms. The Balaban J connectivity index is 1.82. The molecule has 2 atom stereocenters. The van der Waals surface area contributed by atoms with E-state index in [1.54, 1.807) is 16.8 Å². The molecule has 0 aliphatic carbocycles. The molecule has 1 saturated heterocycles. The van der Waals surface area contributed by atoms with E-state index in [1.807, 2.05) is 13.0 Å². The van der Waals surface area contributed by atoms with Crippen LogP contribution in [0.5, 0.6) is 0 Å². The topological polar surface area (TPSA) is 81.1 Å². The van der Waals surface area contributed by atoms with E-state index in [1.165, 1.54) is 0 Å². The minimum atomic E-state index is -3.06. The Morgan fingerprint density at radius 1 is 1.31 bits per heavy atom. The third kappa shape index (κ3) is 3.02. The zero-order valence-electron chi connectivity index (χ0n) is 14.0. The van der Waals surface area contributed by atoms with E-state index in [0.717, 1.165) is 16.8 Å². The molecule has 6 nitrogen and oxygen atoms in total. The summed E-state index contributed by atoms with van der Waals surface area (Å²) >= 11 is 12.4. The van der Waals surface area contributed by atoms with E-state index in [9.17, 15) is 13.2 Å². The average Bonchev–Trinajstić information content (AvgIpc) is 3.06. The fraction of sp³-hybridized carbons (Fsp3) is 0.412. The molecule has 1 aromatic heterocycles. The molecule has 26 heavy (non-hydrogen) atoms. The Kier molecular flexibility index (Phi) is 4.28. The summed E-state index contributed by atoms with van der Waals surface area (Å²) in [7, 11) is -3.06. The van der Waals surface area contributed by atoms with Gasteiger partial charge in [-0.1, -0.05) is 29.3 Å². The first kappa shape index (κ1) is 17.8. The van der Waals surface area contributed by atoms with Gasteiger partial charge in [-0.05, 0) is 31.0 Å². The molecule has 2 aromatic rings. The fourth-order valence-electron chi connectivity index (χ4n) is 3.85. The first-order chi connectivity index (χ1) is 12.2. The number of halogens is 2. The highest BCUT2D eigenvalue weighted by Crippen LogP contribution is 2.43. The highest BCUT2D eigenvalue weighted by molar-refractivity contribution is 7.91. The lowest BCUT2D eigenvalue weighted by Gasteiger charge is -2.26. The first-order valence-electron chi connectivity index (χ1n) is 8.29. The maximum Gasteiger partial charge on any atom is 0.226 e. The molecule has 1 N–H and O–H groups in total. The monoisotopic (exact) mass is 413 g/mol. The molecule has 0 radical (unpaired) electrons. The van der Waals surface area contributed by atoms with Gasteiger partial charge in [-0.3, -0.25) is 4.79 Å². The summed E-state index contributed by atoms with van der Waals surface area (Å²) < 4.78 is 25.4. The zero-order chi connectivity index (χ0) is 18.6. The zero-order valence-corrected chi connectivity index (χ0v) is 16.3. The molecule has 3 heterocycles. The maximum atomic E-state index is 12.4. The minimum Gasteiger partial charge on any atom is -0.311 e. The van der Waals surface area contributed by atoms with Crippen molar-refractivity contribution in [2.45, 2.75) is 31.7 Å². The number of carbonyl (C=O) groups excluding carboxylic acids is 1. The van der Waals surface area contributed by atoms with E-state index >= 15 is 0 Å². The van der Waals surface area contributed by atoms with Crippen molar-refractivity contribution in [3.63, 3.8) is 0 Å². The van der Waals surface area contributed by atoms with Crippen LogP contribution < -0.4 is 5.32 Å². The average molecular weight is 414 g/mol. The number of hydrogen-bond donors (Lipinski definition) is 1. The van der Waals surface area contributed by atoms with Crippen molar-refractivity contribution in [2.24, 2.45) is 0 Å². The van der Waals surface area contributed by atoms with Gasteiger partial charge in [-0.15, -0.1) is 0 Å². The number of sulfone groups is 1. The molecule has 0 saturated carbocycles. The number of aryl methyl sites for hydroxylation is 1. The van der Waals surface area contributed by atoms with E-state index < -0.39 is 9.84 Å². The van der Waals surface area contributed by atoms with Gasteiger partial charge in [0.25, 0.3) is 0 Å². The van der Waals surface area contributed by atoms with Crippen molar-refractivity contribution in [3.05, 3.63) is 45.1 Å². The molecule has 4 rings (SSSR count). The van der Waals surface area contributed by atoms with Gasteiger partial charge in [0.1, 0.15) is 5.82 Å². The maximum absolute atomic E-state index is 12.4. The van der Waals surface area contributed by atoms with Crippen molar-refractivity contribution in [3.8, 4) is 0 Å². The lowest BCUT2D eigenvalue weighted by Crippen LogP contribution is -2.26. The first-order valence-corrected chi connectivity index (χ1v) is 10.9. The van der Waals surface area contributed by atoms with Crippen LogP contribution in [0, 0.1) is 6.92 Å². The van der Waals surface area contributed by atoms with Gasteiger partial charge >= 0.3 is 0 Å². The lowest BCUT2D eigenvalue weighted by molar-refractivity contribution is -0.116. The standard InChI is InChI=1S/C17H17Cl2N3O3S/c1-9-16-13(12-3-2-10(18)6-14(12)19)7-15(23)20-17(16)22(21-9)11-4-5-26(24,25)8-11/h2-3,6,11,13H,4-5,7-8H2,1H3,(H,20,23)/t11-,13-/m0/s1. The number of rotatable bonds is 2. The third-order valence-corrected chi connectivity index (χ3v) is 7.33. The van der Waals surface area contributed by atoms with Crippen molar-refractivity contribution in [2.75, 3.05) is 16.8 Å². The van der Waals surface area contributed by atoms with Crippen molar-refractivity contribution < 1.29 is 13.2 Å². The van der Waals surface area contributed by atoms with Crippen LogP contribution >= 0.6 is 23.2 Å². The molecule has 2 aliphatic rings. The number of benzene rings is 1. The molecule has 9 heteroatoms. The Morgan fingerprint density at radius 2 is 2.08 bits per heavy atom. The predicted molar refractivity (Wildman–Crippen MR) is 101 cm³/mol. The smallest absolute Gasteiger partial charge is 0.226 e. The van der Waals surface area contributed by atoms with Crippen LogP contribution in [0.3, 0.4) is 0 Å². The van der Waals surface area contributed by atoms with E-state index in [-0.39, 0.29) is 35.8 Å². The largest absolute Gasteiger partial charge is 0.311 e. The summed E-state index contributed by atoms with van der Waals surface area (Å²) in [6.07, 6.45) is 0.752. The SMILES string of the molecule is Cc1nn([C@H]2CCS(=O)(=O)C2)c2c1[C@H](c1ccc(Cl)cc1Cl)CC(=O)N2. The summed E-state index contributed by atoms with van der Waals surface area (Å²) in [6.45, 7) is 1.87. The number of anilines is 1. The predicted octanol–water partition coefficient (Wildman–Crippen LogP) is 3.33. The van der Waals surface area contributed by atoms with Crippen LogP contribution in [0.15, 0.2) is 18.2 Å². The molecular formula is C17H17Cl2N3O3S. The quantitative estimate of drug-likeness (QED) is 0.818. The third-order valence-electron chi connectivity index (χ3n) is 5.02. The van der Waals surface area contributed by atoms with Gasteiger partial charge < -0.3 is 5.32 Å². The Labute approximate surface area is 161 Å².